The van der Waals surface area contributed by atoms with E-state index in [0.29, 0.717) is 11.4 Å². The third kappa shape index (κ3) is 5.71. The number of amides is 1. The molecule has 1 amide bonds. The van der Waals surface area contributed by atoms with Gasteiger partial charge in [0, 0.05) is 11.8 Å². The first-order valence-corrected chi connectivity index (χ1v) is 10.2. The number of sulfonamides is 1. The fourth-order valence-electron chi connectivity index (χ4n) is 2.08. The quantitative estimate of drug-likeness (QED) is 0.524. The molecule has 3 N–H and O–H groups in total. The van der Waals surface area contributed by atoms with Crippen molar-refractivity contribution in [3.05, 3.63) is 51.7 Å². The Hall–Kier alpha value is -2.56. The summed E-state index contributed by atoms with van der Waals surface area (Å²) in [6.45, 7) is 3.17. The molecule has 0 saturated carbocycles. The molecule has 0 aliphatic carbocycles. The lowest BCUT2D eigenvalue weighted by atomic mass is 10.2. The SMILES string of the molecule is CC(=O)NCc1ccc(C(=O)C(C)OC(=O)c2ccc(S(N)(=O)=O)cc2)s1. The van der Waals surface area contributed by atoms with Crippen LogP contribution >= 0.6 is 11.3 Å². The first-order valence-electron chi connectivity index (χ1n) is 7.79. The lowest BCUT2D eigenvalue weighted by Gasteiger charge is -2.11. The number of primary sulfonamides is 1. The number of benzene rings is 1. The number of nitrogens with one attached hydrogen (secondary N) is 1. The molecule has 1 atom stereocenters. The molecule has 0 fully saturated rings. The van der Waals surface area contributed by atoms with E-state index < -0.39 is 22.1 Å². The molecule has 144 valence electrons. The first-order chi connectivity index (χ1) is 12.6. The molecule has 0 spiro atoms. The molecule has 1 aromatic carbocycles. The van der Waals surface area contributed by atoms with Crippen LogP contribution in [0.4, 0.5) is 0 Å². The summed E-state index contributed by atoms with van der Waals surface area (Å²) >= 11 is 1.20. The highest BCUT2D eigenvalue weighted by molar-refractivity contribution is 7.89. The average molecular weight is 410 g/mol. The van der Waals surface area contributed by atoms with Gasteiger partial charge in [0.25, 0.3) is 0 Å². The number of thiophene rings is 1. The number of esters is 1. The zero-order chi connectivity index (χ0) is 20.2. The zero-order valence-corrected chi connectivity index (χ0v) is 16.2. The minimum Gasteiger partial charge on any atom is -0.451 e. The Morgan fingerprint density at radius 1 is 1.15 bits per heavy atom. The van der Waals surface area contributed by atoms with Crippen molar-refractivity contribution in [3.63, 3.8) is 0 Å². The van der Waals surface area contributed by atoms with Gasteiger partial charge in [0.05, 0.1) is 21.9 Å². The van der Waals surface area contributed by atoms with Gasteiger partial charge in [0.2, 0.25) is 21.7 Å². The van der Waals surface area contributed by atoms with E-state index in [1.165, 1.54) is 49.4 Å². The predicted octanol–water partition coefficient (Wildman–Crippen LogP) is 1.46. The molecule has 0 radical (unpaired) electrons. The lowest BCUT2D eigenvalue weighted by molar-refractivity contribution is -0.119. The summed E-state index contributed by atoms with van der Waals surface area (Å²) in [5.74, 6) is -1.30. The van der Waals surface area contributed by atoms with E-state index in [4.69, 9.17) is 9.88 Å². The maximum Gasteiger partial charge on any atom is 0.338 e. The number of nitrogens with two attached hydrogens (primary N) is 1. The highest BCUT2D eigenvalue weighted by Gasteiger charge is 2.22. The number of carbonyl (C=O) groups is 3. The standard InChI is InChI=1S/C17H18N2O6S2/c1-10(16(21)15-8-5-13(26-15)9-19-11(2)20)25-17(22)12-3-6-14(7-4-12)27(18,23)24/h3-8,10H,9H2,1-2H3,(H,19,20)(H2,18,23,24). The van der Waals surface area contributed by atoms with E-state index in [0.717, 1.165) is 4.88 Å². The van der Waals surface area contributed by atoms with Gasteiger partial charge in [-0.05, 0) is 43.3 Å². The molecule has 0 bridgehead atoms. The van der Waals surface area contributed by atoms with Crippen LogP contribution in [0.2, 0.25) is 0 Å². The fourth-order valence-corrected chi connectivity index (χ4v) is 3.56. The summed E-state index contributed by atoms with van der Waals surface area (Å²) in [6, 6.07) is 8.22. The number of hydrogen-bond acceptors (Lipinski definition) is 7. The van der Waals surface area contributed by atoms with E-state index in [9.17, 15) is 22.8 Å². The van der Waals surface area contributed by atoms with Crippen LogP contribution in [0.3, 0.4) is 0 Å². The molecule has 0 saturated heterocycles. The van der Waals surface area contributed by atoms with E-state index in [-0.39, 0.29) is 22.1 Å². The van der Waals surface area contributed by atoms with Gasteiger partial charge in [-0.25, -0.2) is 18.4 Å². The van der Waals surface area contributed by atoms with Crippen LogP contribution in [-0.4, -0.2) is 32.2 Å². The molecular weight excluding hydrogens is 392 g/mol. The number of carbonyl (C=O) groups excluding carboxylic acids is 3. The van der Waals surface area contributed by atoms with Crippen molar-refractivity contribution in [1.29, 1.82) is 0 Å². The Bertz CT molecular complexity index is 964. The van der Waals surface area contributed by atoms with E-state index >= 15 is 0 Å². The van der Waals surface area contributed by atoms with Crippen LogP contribution < -0.4 is 10.5 Å². The molecule has 27 heavy (non-hydrogen) atoms. The van der Waals surface area contributed by atoms with E-state index in [1.807, 2.05) is 0 Å². The second-order valence-corrected chi connectivity index (χ2v) is 8.39. The minimum atomic E-state index is -3.86. The number of Topliss-reactive ketones (excluding diaryl/α,β-unsaturated/α-hetero) is 1. The topological polar surface area (TPSA) is 133 Å². The van der Waals surface area contributed by atoms with Crippen molar-refractivity contribution in [2.24, 2.45) is 5.14 Å². The first kappa shape index (κ1) is 20.7. The molecule has 8 nitrogen and oxygen atoms in total. The van der Waals surface area contributed by atoms with Gasteiger partial charge < -0.3 is 10.1 Å². The van der Waals surface area contributed by atoms with Crippen LogP contribution in [0.1, 0.15) is 38.8 Å². The number of rotatable bonds is 7. The average Bonchev–Trinajstić information content (AvgIpc) is 3.07. The minimum absolute atomic E-state index is 0.0968. The predicted molar refractivity (Wildman–Crippen MR) is 98.9 cm³/mol. The van der Waals surface area contributed by atoms with Crippen LogP contribution in [0.5, 0.6) is 0 Å². The molecule has 2 aromatic rings. The number of ketones is 1. The fraction of sp³-hybridized carbons (Fsp3) is 0.235. The maximum absolute atomic E-state index is 12.4. The van der Waals surface area contributed by atoms with Crippen molar-refractivity contribution < 1.29 is 27.5 Å². The van der Waals surface area contributed by atoms with Crippen molar-refractivity contribution in [1.82, 2.24) is 5.32 Å². The summed E-state index contributed by atoms with van der Waals surface area (Å²) in [6.07, 6.45) is -1.03. The Morgan fingerprint density at radius 2 is 1.78 bits per heavy atom. The molecule has 1 aromatic heterocycles. The van der Waals surface area contributed by atoms with Gasteiger partial charge in [-0.15, -0.1) is 11.3 Å². The summed E-state index contributed by atoms with van der Waals surface area (Å²) in [4.78, 5) is 36.5. The third-order valence-corrected chi connectivity index (χ3v) is 5.52. The Morgan fingerprint density at radius 3 is 2.33 bits per heavy atom. The summed E-state index contributed by atoms with van der Waals surface area (Å²) in [5.41, 5.74) is 0.0968. The highest BCUT2D eigenvalue weighted by Crippen LogP contribution is 2.20. The van der Waals surface area contributed by atoms with Crippen LogP contribution in [0.15, 0.2) is 41.3 Å². The van der Waals surface area contributed by atoms with Crippen LogP contribution in [-0.2, 0) is 26.1 Å². The van der Waals surface area contributed by atoms with Gasteiger partial charge in [-0.2, -0.15) is 0 Å². The molecule has 2 rings (SSSR count). The van der Waals surface area contributed by atoms with Gasteiger partial charge in [0.1, 0.15) is 0 Å². The Labute approximate surface area is 160 Å². The Kier molecular flexibility index (Phi) is 6.47. The molecular formula is C17H18N2O6S2. The maximum atomic E-state index is 12.4. The summed E-state index contributed by atoms with van der Waals surface area (Å²) in [5, 5.41) is 7.63. The van der Waals surface area contributed by atoms with E-state index in [1.54, 1.807) is 12.1 Å². The number of hydrogen-bond donors (Lipinski definition) is 2. The lowest BCUT2D eigenvalue weighted by Crippen LogP contribution is -2.24. The zero-order valence-electron chi connectivity index (χ0n) is 14.6. The second kappa shape index (κ2) is 8.42. The van der Waals surface area contributed by atoms with Crippen LogP contribution in [0.25, 0.3) is 0 Å². The van der Waals surface area contributed by atoms with Crippen molar-refractivity contribution >= 4 is 39.0 Å². The Balaban J connectivity index is 2.01. The van der Waals surface area contributed by atoms with Gasteiger partial charge in [-0.3, -0.25) is 9.59 Å². The molecule has 0 aliphatic rings. The van der Waals surface area contributed by atoms with Crippen molar-refractivity contribution in [2.45, 2.75) is 31.4 Å². The largest absolute Gasteiger partial charge is 0.451 e. The van der Waals surface area contributed by atoms with Crippen molar-refractivity contribution in [3.8, 4) is 0 Å². The summed E-state index contributed by atoms with van der Waals surface area (Å²) < 4.78 is 27.6. The van der Waals surface area contributed by atoms with Crippen molar-refractivity contribution in [2.75, 3.05) is 0 Å². The van der Waals surface area contributed by atoms with Gasteiger partial charge >= 0.3 is 5.97 Å². The molecule has 0 aliphatic heterocycles. The smallest absolute Gasteiger partial charge is 0.338 e. The van der Waals surface area contributed by atoms with Gasteiger partial charge in [-0.1, -0.05) is 0 Å². The molecule has 1 heterocycles. The molecule has 1 unspecified atom stereocenters. The van der Waals surface area contributed by atoms with Gasteiger partial charge in [0.15, 0.2) is 6.10 Å². The summed E-state index contributed by atoms with van der Waals surface area (Å²) in [7, 11) is -3.86. The third-order valence-electron chi connectivity index (χ3n) is 3.49. The van der Waals surface area contributed by atoms with E-state index in [2.05, 4.69) is 5.32 Å². The van der Waals surface area contributed by atoms with Crippen LogP contribution in [0, 0.1) is 0 Å². The second-order valence-electron chi connectivity index (χ2n) is 5.66. The highest BCUT2D eigenvalue weighted by atomic mass is 32.2. The molecule has 10 heteroatoms. The monoisotopic (exact) mass is 410 g/mol. The normalized spacial score (nSPS) is 12.3. The number of ether oxygens (including phenoxy) is 1.